The molecule has 3 N–H and O–H groups in total. The van der Waals surface area contributed by atoms with E-state index < -0.39 is 0 Å². The van der Waals surface area contributed by atoms with Gasteiger partial charge in [-0.2, -0.15) is 0 Å². The van der Waals surface area contributed by atoms with Gasteiger partial charge >= 0.3 is 0 Å². The smallest absolute Gasteiger partial charge is 0.182 e. The molecule has 4 heteroatoms. The van der Waals surface area contributed by atoms with E-state index in [0.717, 1.165) is 5.56 Å². The third-order valence-electron chi connectivity index (χ3n) is 2.21. The molecule has 2 aromatic rings. The van der Waals surface area contributed by atoms with E-state index in [1.54, 1.807) is 6.07 Å². The van der Waals surface area contributed by atoms with Gasteiger partial charge in [0.15, 0.2) is 17.5 Å². The Labute approximate surface area is 87.7 Å². The van der Waals surface area contributed by atoms with E-state index in [1.807, 2.05) is 19.9 Å². The number of aromatic nitrogens is 1. The first-order valence-electron chi connectivity index (χ1n) is 4.80. The van der Waals surface area contributed by atoms with Gasteiger partial charge in [-0.25, -0.2) is 4.98 Å². The Morgan fingerprint density at radius 1 is 1.47 bits per heavy atom. The number of phenolic OH excluding ortho intramolecular Hbond substituents is 1. The molecule has 4 nitrogen and oxygen atoms in total. The predicted molar refractivity (Wildman–Crippen MR) is 57.6 cm³/mol. The normalized spacial score (nSPS) is 12.2. The molecular formula is C11H14N2O2. The first kappa shape index (κ1) is 9.98. The molecule has 0 aliphatic rings. The van der Waals surface area contributed by atoms with Gasteiger partial charge in [-0.1, -0.05) is 6.07 Å². The van der Waals surface area contributed by atoms with Crippen molar-refractivity contribution in [3.63, 3.8) is 0 Å². The Balaban J connectivity index is 2.48. The lowest BCUT2D eigenvalue weighted by atomic mass is 9.95. The lowest BCUT2D eigenvalue weighted by Crippen LogP contribution is -2.34. The number of rotatable bonds is 2. The summed E-state index contributed by atoms with van der Waals surface area (Å²) < 4.78 is 5.08. The van der Waals surface area contributed by atoms with E-state index in [9.17, 15) is 5.11 Å². The molecule has 0 aliphatic heterocycles. The second-order valence-electron chi connectivity index (χ2n) is 4.44. The van der Waals surface area contributed by atoms with E-state index in [-0.39, 0.29) is 11.3 Å². The van der Waals surface area contributed by atoms with Crippen molar-refractivity contribution in [1.29, 1.82) is 0 Å². The van der Waals surface area contributed by atoms with Crippen molar-refractivity contribution in [2.45, 2.75) is 25.8 Å². The summed E-state index contributed by atoms with van der Waals surface area (Å²) in [7, 11) is 0. The molecule has 1 aromatic carbocycles. The minimum absolute atomic E-state index is 0.166. The summed E-state index contributed by atoms with van der Waals surface area (Å²) in [5.74, 6) is 0.166. The average molecular weight is 206 g/mol. The van der Waals surface area contributed by atoms with Gasteiger partial charge < -0.3 is 15.3 Å². The molecular weight excluding hydrogens is 192 g/mol. The maximum atomic E-state index is 9.92. The SMILES string of the molecule is CC(C)(N)Cc1ccc2ocnc2c1O. The zero-order valence-corrected chi connectivity index (χ0v) is 8.82. The summed E-state index contributed by atoms with van der Waals surface area (Å²) in [6.07, 6.45) is 1.92. The van der Waals surface area contributed by atoms with Crippen molar-refractivity contribution < 1.29 is 9.52 Å². The van der Waals surface area contributed by atoms with Crippen molar-refractivity contribution in [2.75, 3.05) is 0 Å². The number of hydrogen-bond donors (Lipinski definition) is 2. The maximum absolute atomic E-state index is 9.92. The van der Waals surface area contributed by atoms with E-state index >= 15 is 0 Å². The first-order valence-corrected chi connectivity index (χ1v) is 4.80. The van der Waals surface area contributed by atoms with Crippen LogP contribution in [0.15, 0.2) is 22.9 Å². The van der Waals surface area contributed by atoms with Crippen LogP contribution in [-0.2, 0) is 6.42 Å². The van der Waals surface area contributed by atoms with Gasteiger partial charge in [-0.05, 0) is 31.9 Å². The van der Waals surface area contributed by atoms with Gasteiger partial charge in [-0.15, -0.1) is 0 Å². The number of nitrogens with two attached hydrogens (primary N) is 1. The third-order valence-corrected chi connectivity index (χ3v) is 2.21. The Bertz CT molecular complexity index is 483. The van der Waals surface area contributed by atoms with Crippen molar-refractivity contribution in [3.8, 4) is 5.75 Å². The second kappa shape index (κ2) is 3.24. The Morgan fingerprint density at radius 2 is 2.20 bits per heavy atom. The summed E-state index contributed by atoms with van der Waals surface area (Å²) >= 11 is 0. The number of hydrogen-bond acceptors (Lipinski definition) is 4. The summed E-state index contributed by atoms with van der Waals surface area (Å²) in [5.41, 5.74) is 7.43. The van der Waals surface area contributed by atoms with E-state index in [0.29, 0.717) is 17.5 Å². The molecule has 80 valence electrons. The van der Waals surface area contributed by atoms with Crippen LogP contribution in [0.2, 0.25) is 0 Å². The van der Waals surface area contributed by atoms with Crippen LogP contribution in [0, 0.1) is 0 Å². The molecule has 1 aromatic heterocycles. The van der Waals surface area contributed by atoms with Gasteiger partial charge in [0, 0.05) is 5.54 Å². The van der Waals surface area contributed by atoms with Crippen molar-refractivity contribution >= 4 is 11.1 Å². The zero-order chi connectivity index (χ0) is 11.1. The van der Waals surface area contributed by atoms with Crippen molar-refractivity contribution in [1.82, 2.24) is 4.98 Å². The van der Waals surface area contributed by atoms with Gasteiger partial charge in [-0.3, -0.25) is 0 Å². The lowest BCUT2D eigenvalue weighted by Gasteiger charge is -2.18. The van der Waals surface area contributed by atoms with Crippen LogP contribution in [-0.4, -0.2) is 15.6 Å². The fourth-order valence-electron chi connectivity index (χ4n) is 1.59. The molecule has 0 spiro atoms. The number of benzene rings is 1. The lowest BCUT2D eigenvalue weighted by molar-refractivity contribution is 0.454. The molecule has 0 bridgehead atoms. The molecule has 0 amide bonds. The predicted octanol–water partition coefficient (Wildman–Crippen LogP) is 1.81. The number of aromatic hydroxyl groups is 1. The summed E-state index contributed by atoms with van der Waals surface area (Å²) in [5, 5.41) is 9.92. The Kier molecular flexibility index (Phi) is 2.16. The highest BCUT2D eigenvalue weighted by Gasteiger charge is 2.17. The molecule has 0 radical (unpaired) electrons. The highest BCUT2D eigenvalue weighted by molar-refractivity contribution is 5.80. The quantitative estimate of drug-likeness (QED) is 0.786. The molecule has 0 saturated heterocycles. The molecule has 0 atom stereocenters. The molecule has 2 rings (SSSR count). The number of nitrogens with zero attached hydrogens (tertiary/aromatic N) is 1. The van der Waals surface area contributed by atoms with Crippen LogP contribution >= 0.6 is 0 Å². The summed E-state index contributed by atoms with van der Waals surface area (Å²) in [4.78, 5) is 3.95. The Morgan fingerprint density at radius 3 is 2.87 bits per heavy atom. The minimum atomic E-state index is -0.352. The van der Waals surface area contributed by atoms with Gasteiger partial charge in [0.05, 0.1) is 0 Å². The summed E-state index contributed by atoms with van der Waals surface area (Å²) in [6, 6.07) is 3.61. The number of fused-ring (bicyclic) bond motifs is 1. The van der Waals surface area contributed by atoms with Crippen LogP contribution in [0.3, 0.4) is 0 Å². The molecule has 15 heavy (non-hydrogen) atoms. The highest BCUT2D eigenvalue weighted by Crippen LogP contribution is 2.29. The van der Waals surface area contributed by atoms with E-state index in [1.165, 1.54) is 6.39 Å². The van der Waals surface area contributed by atoms with E-state index in [4.69, 9.17) is 10.2 Å². The van der Waals surface area contributed by atoms with Crippen LogP contribution in [0.5, 0.6) is 5.75 Å². The van der Waals surface area contributed by atoms with Crippen LogP contribution in [0.1, 0.15) is 19.4 Å². The maximum Gasteiger partial charge on any atom is 0.182 e. The van der Waals surface area contributed by atoms with Crippen molar-refractivity contribution in [3.05, 3.63) is 24.1 Å². The molecule has 0 fully saturated rings. The molecule has 0 aliphatic carbocycles. The minimum Gasteiger partial charge on any atom is -0.505 e. The molecule has 0 unspecified atom stereocenters. The zero-order valence-electron chi connectivity index (χ0n) is 8.82. The molecule has 0 saturated carbocycles. The largest absolute Gasteiger partial charge is 0.505 e. The number of oxazole rings is 1. The third kappa shape index (κ3) is 1.94. The van der Waals surface area contributed by atoms with Crippen molar-refractivity contribution in [2.24, 2.45) is 5.73 Å². The Hall–Kier alpha value is -1.55. The van der Waals surface area contributed by atoms with E-state index in [2.05, 4.69) is 4.98 Å². The molecule has 1 heterocycles. The van der Waals surface area contributed by atoms with Gasteiger partial charge in [0.1, 0.15) is 5.75 Å². The fraction of sp³-hybridized carbons (Fsp3) is 0.364. The van der Waals surface area contributed by atoms with Gasteiger partial charge in [0.2, 0.25) is 0 Å². The topological polar surface area (TPSA) is 72.3 Å². The van der Waals surface area contributed by atoms with Crippen LogP contribution < -0.4 is 5.73 Å². The fourth-order valence-corrected chi connectivity index (χ4v) is 1.59. The van der Waals surface area contributed by atoms with Crippen LogP contribution in [0.4, 0.5) is 0 Å². The summed E-state index contributed by atoms with van der Waals surface area (Å²) in [6.45, 7) is 3.83. The first-order chi connectivity index (χ1) is 6.97. The van der Waals surface area contributed by atoms with Crippen LogP contribution in [0.25, 0.3) is 11.1 Å². The average Bonchev–Trinajstić information content (AvgIpc) is 2.56. The second-order valence-corrected chi connectivity index (χ2v) is 4.44. The monoisotopic (exact) mass is 206 g/mol. The van der Waals surface area contributed by atoms with Gasteiger partial charge in [0.25, 0.3) is 0 Å². The highest BCUT2D eigenvalue weighted by atomic mass is 16.3. The standard InChI is InChI=1S/C11H14N2O2/c1-11(2,12)5-7-3-4-8-9(10(7)14)13-6-15-8/h3-4,6,14H,5,12H2,1-2H3. The number of phenols is 1.